The highest BCUT2D eigenvalue weighted by Gasteiger charge is 2.21. The zero-order chi connectivity index (χ0) is 16.4. The molecule has 1 fully saturated rings. The molecule has 3 aromatic rings. The molecule has 4 nitrogen and oxygen atoms in total. The highest BCUT2D eigenvalue weighted by Crippen LogP contribution is 2.36. The van der Waals surface area contributed by atoms with Crippen LogP contribution in [0.2, 0.25) is 0 Å². The van der Waals surface area contributed by atoms with Crippen molar-refractivity contribution in [3.63, 3.8) is 0 Å². The van der Waals surface area contributed by atoms with Gasteiger partial charge in [0, 0.05) is 24.6 Å². The molecule has 24 heavy (non-hydrogen) atoms. The fourth-order valence-electron chi connectivity index (χ4n) is 3.24. The Labute approximate surface area is 146 Å². The van der Waals surface area contributed by atoms with Crippen molar-refractivity contribution in [3.05, 3.63) is 42.7 Å². The summed E-state index contributed by atoms with van der Waals surface area (Å²) in [4.78, 5) is 13.7. The van der Waals surface area contributed by atoms with Gasteiger partial charge in [-0.05, 0) is 31.4 Å². The number of benzene rings is 1. The second-order valence-electron chi connectivity index (χ2n) is 6.07. The molecule has 1 aliphatic rings. The van der Waals surface area contributed by atoms with E-state index in [-0.39, 0.29) is 0 Å². The first-order valence-electron chi connectivity index (χ1n) is 8.51. The first-order chi connectivity index (χ1) is 11.8. The molecule has 3 heterocycles. The molecule has 1 aromatic carbocycles. The van der Waals surface area contributed by atoms with Crippen LogP contribution in [0.15, 0.2) is 42.7 Å². The molecule has 5 heteroatoms. The zero-order valence-corrected chi connectivity index (χ0v) is 14.6. The highest BCUT2D eigenvalue weighted by molar-refractivity contribution is 7.21. The predicted molar refractivity (Wildman–Crippen MR) is 99.7 cm³/mol. The molecular formula is C19H21N3OS. The van der Waals surface area contributed by atoms with Crippen molar-refractivity contribution in [2.24, 2.45) is 0 Å². The van der Waals surface area contributed by atoms with E-state index >= 15 is 0 Å². The molecular weight excluding hydrogens is 318 g/mol. The molecule has 1 atom stereocenters. The fourth-order valence-corrected chi connectivity index (χ4v) is 4.24. The summed E-state index contributed by atoms with van der Waals surface area (Å²) in [5.74, 6) is 1.02. The van der Waals surface area contributed by atoms with Gasteiger partial charge in [0.05, 0.1) is 11.5 Å². The van der Waals surface area contributed by atoms with Crippen LogP contribution in [0.3, 0.4) is 0 Å². The Morgan fingerprint density at radius 2 is 2.12 bits per heavy atom. The Balaban J connectivity index is 1.70. The minimum atomic E-state index is 0.321. The van der Waals surface area contributed by atoms with Crippen molar-refractivity contribution >= 4 is 27.4 Å². The van der Waals surface area contributed by atoms with Crippen LogP contribution in [0.4, 0.5) is 5.82 Å². The maximum Gasteiger partial charge on any atom is 0.140 e. The Hall–Kier alpha value is -1.98. The van der Waals surface area contributed by atoms with Crippen LogP contribution >= 0.6 is 11.3 Å². The molecule has 0 N–H and O–H groups in total. The quantitative estimate of drug-likeness (QED) is 0.692. The van der Waals surface area contributed by atoms with Gasteiger partial charge in [-0.15, -0.1) is 11.3 Å². The van der Waals surface area contributed by atoms with Crippen LogP contribution in [0.5, 0.6) is 0 Å². The summed E-state index contributed by atoms with van der Waals surface area (Å²) in [5.41, 5.74) is 1.23. The largest absolute Gasteiger partial charge is 0.376 e. The lowest BCUT2D eigenvalue weighted by Gasteiger charge is -2.25. The number of ether oxygens (including phenoxy) is 1. The Kier molecular flexibility index (Phi) is 4.45. The van der Waals surface area contributed by atoms with E-state index in [0.29, 0.717) is 6.10 Å². The number of nitrogens with zero attached hydrogens (tertiary/aromatic N) is 3. The molecule has 0 spiro atoms. The number of anilines is 1. The van der Waals surface area contributed by atoms with E-state index in [2.05, 4.69) is 52.1 Å². The third kappa shape index (κ3) is 3.01. The molecule has 1 aliphatic heterocycles. The number of thiophene rings is 1. The zero-order valence-electron chi connectivity index (χ0n) is 13.8. The van der Waals surface area contributed by atoms with Gasteiger partial charge < -0.3 is 9.64 Å². The van der Waals surface area contributed by atoms with Gasteiger partial charge in [-0.25, -0.2) is 9.97 Å². The average molecular weight is 339 g/mol. The van der Waals surface area contributed by atoms with Gasteiger partial charge >= 0.3 is 0 Å². The third-order valence-corrected chi connectivity index (χ3v) is 5.59. The van der Waals surface area contributed by atoms with E-state index in [1.165, 1.54) is 10.4 Å². The summed E-state index contributed by atoms with van der Waals surface area (Å²) in [6.07, 6.45) is 4.31. The maximum atomic E-state index is 5.81. The monoisotopic (exact) mass is 339 g/mol. The van der Waals surface area contributed by atoms with Crippen LogP contribution in [-0.2, 0) is 4.74 Å². The first kappa shape index (κ1) is 15.5. The second-order valence-corrected chi connectivity index (χ2v) is 7.10. The van der Waals surface area contributed by atoms with E-state index in [1.807, 2.05) is 6.07 Å². The Bertz CT molecular complexity index is 812. The number of likely N-dealkylation sites (N-methyl/N-ethyl adjacent to an activating group) is 1. The van der Waals surface area contributed by atoms with Crippen molar-refractivity contribution < 1.29 is 4.74 Å². The van der Waals surface area contributed by atoms with Crippen molar-refractivity contribution in [1.82, 2.24) is 9.97 Å². The normalized spacial score (nSPS) is 17.5. The molecule has 4 rings (SSSR count). The van der Waals surface area contributed by atoms with Gasteiger partial charge in [-0.2, -0.15) is 0 Å². The SMILES string of the molecule is CCN(CC1CCCO1)c1ncnc2sc(-c3ccccc3)cc12. The Morgan fingerprint density at radius 1 is 1.25 bits per heavy atom. The van der Waals surface area contributed by atoms with Gasteiger partial charge in [0.25, 0.3) is 0 Å². The van der Waals surface area contributed by atoms with Gasteiger partial charge in [-0.1, -0.05) is 30.3 Å². The van der Waals surface area contributed by atoms with E-state index in [0.717, 1.165) is 48.6 Å². The first-order valence-corrected chi connectivity index (χ1v) is 9.33. The highest BCUT2D eigenvalue weighted by atomic mass is 32.1. The number of hydrogen-bond donors (Lipinski definition) is 0. The van der Waals surface area contributed by atoms with Gasteiger partial charge in [0.2, 0.25) is 0 Å². The van der Waals surface area contributed by atoms with Crippen molar-refractivity contribution in [2.45, 2.75) is 25.9 Å². The number of rotatable bonds is 5. The number of fused-ring (bicyclic) bond motifs is 1. The van der Waals surface area contributed by atoms with Gasteiger partial charge in [0.1, 0.15) is 17.0 Å². The molecule has 0 saturated carbocycles. The summed E-state index contributed by atoms with van der Waals surface area (Å²) in [6.45, 7) is 4.88. The van der Waals surface area contributed by atoms with Crippen LogP contribution in [0, 0.1) is 0 Å². The smallest absolute Gasteiger partial charge is 0.140 e. The molecule has 2 aromatic heterocycles. The summed E-state index contributed by atoms with van der Waals surface area (Å²) >= 11 is 1.73. The van der Waals surface area contributed by atoms with Crippen molar-refractivity contribution in [3.8, 4) is 10.4 Å². The lowest BCUT2D eigenvalue weighted by atomic mass is 10.2. The van der Waals surface area contributed by atoms with E-state index in [4.69, 9.17) is 4.74 Å². The molecule has 0 bridgehead atoms. The summed E-state index contributed by atoms with van der Waals surface area (Å²) < 4.78 is 5.81. The van der Waals surface area contributed by atoms with E-state index in [9.17, 15) is 0 Å². The lowest BCUT2D eigenvalue weighted by Crippen LogP contribution is -2.32. The minimum absolute atomic E-state index is 0.321. The molecule has 1 unspecified atom stereocenters. The third-order valence-electron chi connectivity index (χ3n) is 4.50. The Morgan fingerprint density at radius 3 is 2.88 bits per heavy atom. The van der Waals surface area contributed by atoms with Crippen molar-refractivity contribution in [1.29, 1.82) is 0 Å². The van der Waals surface area contributed by atoms with Crippen LogP contribution in [0.1, 0.15) is 19.8 Å². The van der Waals surface area contributed by atoms with Crippen molar-refractivity contribution in [2.75, 3.05) is 24.6 Å². The maximum absolute atomic E-state index is 5.81. The average Bonchev–Trinajstić information content (AvgIpc) is 3.29. The van der Waals surface area contributed by atoms with E-state index < -0.39 is 0 Å². The minimum Gasteiger partial charge on any atom is -0.376 e. The lowest BCUT2D eigenvalue weighted by molar-refractivity contribution is 0.115. The molecule has 0 radical (unpaired) electrons. The molecule has 1 saturated heterocycles. The van der Waals surface area contributed by atoms with Gasteiger partial charge in [-0.3, -0.25) is 0 Å². The molecule has 0 aliphatic carbocycles. The van der Waals surface area contributed by atoms with Crippen LogP contribution < -0.4 is 4.90 Å². The number of aromatic nitrogens is 2. The molecule has 124 valence electrons. The standard InChI is InChI=1S/C19H21N3OS/c1-2-22(12-15-9-6-10-23-15)18-16-11-17(14-7-4-3-5-8-14)24-19(16)21-13-20-18/h3-5,7-8,11,13,15H,2,6,9-10,12H2,1H3. The fraction of sp³-hybridized carbons (Fsp3) is 0.368. The van der Waals surface area contributed by atoms with Crippen LogP contribution in [0.25, 0.3) is 20.7 Å². The van der Waals surface area contributed by atoms with Crippen LogP contribution in [-0.4, -0.2) is 35.8 Å². The van der Waals surface area contributed by atoms with Gasteiger partial charge in [0.15, 0.2) is 0 Å². The van der Waals surface area contributed by atoms with E-state index in [1.54, 1.807) is 17.7 Å². The summed E-state index contributed by atoms with van der Waals surface area (Å²) in [6, 6.07) is 12.7. The second kappa shape index (κ2) is 6.87. The summed E-state index contributed by atoms with van der Waals surface area (Å²) in [7, 11) is 0. The topological polar surface area (TPSA) is 38.2 Å². The number of hydrogen-bond acceptors (Lipinski definition) is 5. The predicted octanol–water partition coefficient (Wildman–Crippen LogP) is 4.36. The summed E-state index contributed by atoms with van der Waals surface area (Å²) in [5, 5.41) is 1.14. The molecule has 0 amide bonds.